The highest BCUT2D eigenvalue weighted by molar-refractivity contribution is 6.39. The summed E-state index contributed by atoms with van der Waals surface area (Å²) in [7, 11) is 0. The summed E-state index contributed by atoms with van der Waals surface area (Å²) in [5.74, 6) is -0.507. The smallest absolute Gasteiger partial charge is 0.313 e. The Morgan fingerprint density at radius 3 is 2.43 bits per heavy atom. The molecule has 1 aromatic rings. The quantitative estimate of drug-likeness (QED) is 0.869. The van der Waals surface area contributed by atoms with E-state index in [0.717, 1.165) is 31.6 Å². The number of likely N-dealkylation sites (tertiary alicyclic amines) is 1. The lowest BCUT2D eigenvalue weighted by Crippen LogP contribution is -2.44. The SMILES string of the molecule is CCN(CC)c1ccc(NC(=O)C(=O)N2CCCC(C)C2)cc1. The molecule has 5 heteroatoms. The van der Waals surface area contributed by atoms with Crippen molar-refractivity contribution in [2.45, 2.75) is 33.6 Å². The molecule has 0 aliphatic carbocycles. The van der Waals surface area contributed by atoms with Crippen molar-refractivity contribution >= 4 is 23.2 Å². The molecule has 23 heavy (non-hydrogen) atoms. The molecule has 0 radical (unpaired) electrons. The van der Waals surface area contributed by atoms with Crippen LogP contribution in [0.3, 0.4) is 0 Å². The third-order valence-electron chi connectivity index (χ3n) is 4.39. The molecule has 1 saturated heterocycles. The maximum atomic E-state index is 12.2. The third-order valence-corrected chi connectivity index (χ3v) is 4.39. The Balaban J connectivity index is 1.95. The van der Waals surface area contributed by atoms with Crippen molar-refractivity contribution in [3.8, 4) is 0 Å². The van der Waals surface area contributed by atoms with Crippen LogP contribution in [-0.2, 0) is 9.59 Å². The van der Waals surface area contributed by atoms with Crippen LogP contribution in [0.1, 0.15) is 33.6 Å². The lowest BCUT2D eigenvalue weighted by molar-refractivity contribution is -0.144. The molecule has 1 unspecified atom stereocenters. The molecule has 0 spiro atoms. The van der Waals surface area contributed by atoms with Crippen LogP contribution < -0.4 is 10.2 Å². The predicted octanol–water partition coefficient (Wildman–Crippen LogP) is 2.73. The van der Waals surface area contributed by atoms with Gasteiger partial charge < -0.3 is 15.1 Å². The van der Waals surface area contributed by atoms with Gasteiger partial charge >= 0.3 is 11.8 Å². The van der Waals surface area contributed by atoms with E-state index in [1.807, 2.05) is 24.3 Å². The fraction of sp³-hybridized carbons (Fsp3) is 0.556. The standard InChI is InChI=1S/C18H27N3O2/c1-4-20(5-2)16-10-8-15(9-11-16)19-17(22)18(23)21-12-6-7-14(3)13-21/h8-11,14H,4-7,12-13H2,1-3H3,(H,19,22). The summed E-state index contributed by atoms with van der Waals surface area (Å²) in [5.41, 5.74) is 1.77. The monoisotopic (exact) mass is 317 g/mol. The normalized spacial score (nSPS) is 17.7. The van der Waals surface area contributed by atoms with Crippen LogP contribution in [0.2, 0.25) is 0 Å². The number of hydrogen-bond donors (Lipinski definition) is 1. The van der Waals surface area contributed by atoms with E-state index < -0.39 is 11.8 Å². The number of benzene rings is 1. The third kappa shape index (κ3) is 4.47. The summed E-state index contributed by atoms with van der Waals surface area (Å²) in [6.07, 6.45) is 2.09. The largest absolute Gasteiger partial charge is 0.372 e. The van der Waals surface area contributed by atoms with Crippen molar-refractivity contribution in [3.63, 3.8) is 0 Å². The molecule has 1 fully saturated rings. The van der Waals surface area contributed by atoms with Crippen LogP contribution in [-0.4, -0.2) is 42.9 Å². The second-order valence-corrected chi connectivity index (χ2v) is 6.17. The number of carbonyl (C=O) groups is 2. The average Bonchev–Trinajstić information content (AvgIpc) is 2.56. The van der Waals surface area contributed by atoms with Gasteiger partial charge in [-0.2, -0.15) is 0 Å². The summed E-state index contributed by atoms with van der Waals surface area (Å²) < 4.78 is 0. The molecule has 0 bridgehead atoms. The second-order valence-electron chi connectivity index (χ2n) is 6.17. The van der Waals surface area contributed by atoms with Gasteiger partial charge in [0.25, 0.3) is 0 Å². The van der Waals surface area contributed by atoms with Gasteiger partial charge in [0.05, 0.1) is 0 Å². The summed E-state index contributed by atoms with van der Waals surface area (Å²) in [5, 5.41) is 2.71. The molecule has 1 heterocycles. The molecular weight excluding hydrogens is 290 g/mol. The number of rotatable bonds is 4. The van der Waals surface area contributed by atoms with E-state index >= 15 is 0 Å². The van der Waals surface area contributed by atoms with Crippen LogP contribution >= 0.6 is 0 Å². The van der Waals surface area contributed by atoms with Crippen LogP contribution in [0.15, 0.2) is 24.3 Å². The van der Waals surface area contributed by atoms with Crippen LogP contribution in [0.4, 0.5) is 11.4 Å². The maximum Gasteiger partial charge on any atom is 0.313 e. The molecule has 2 rings (SSSR count). The number of hydrogen-bond acceptors (Lipinski definition) is 3. The summed E-state index contributed by atoms with van der Waals surface area (Å²) in [6, 6.07) is 7.63. The van der Waals surface area contributed by atoms with Crippen LogP contribution in [0.25, 0.3) is 0 Å². The zero-order valence-corrected chi connectivity index (χ0v) is 14.3. The van der Waals surface area contributed by atoms with Crippen molar-refractivity contribution in [3.05, 3.63) is 24.3 Å². The first-order valence-corrected chi connectivity index (χ1v) is 8.50. The van der Waals surface area contributed by atoms with Gasteiger partial charge in [0.1, 0.15) is 0 Å². The van der Waals surface area contributed by atoms with E-state index in [1.165, 1.54) is 0 Å². The van der Waals surface area contributed by atoms with E-state index in [4.69, 9.17) is 0 Å². The van der Waals surface area contributed by atoms with Gasteiger partial charge in [-0.25, -0.2) is 0 Å². The molecule has 1 aliphatic rings. The van der Waals surface area contributed by atoms with Crippen molar-refractivity contribution in [1.82, 2.24) is 4.90 Å². The number of anilines is 2. The first kappa shape index (κ1) is 17.3. The zero-order valence-electron chi connectivity index (χ0n) is 14.3. The molecule has 1 atom stereocenters. The Morgan fingerprint density at radius 2 is 1.87 bits per heavy atom. The van der Waals surface area contributed by atoms with Gasteiger partial charge in [-0.3, -0.25) is 9.59 Å². The van der Waals surface area contributed by atoms with Crippen LogP contribution in [0.5, 0.6) is 0 Å². The van der Waals surface area contributed by atoms with Gasteiger partial charge in [-0.05, 0) is 56.9 Å². The minimum Gasteiger partial charge on any atom is -0.372 e. The van der Waals surface area contributed by atoms with E-state index in [9.17, 15) is 9.59 Å². The molecule has 0 aromatic heterocycles. The van der Waals surface area contributed by atoms with Crippen molar-refractivity contribution in [2.24, 2.45) is 5.92 Å². The molecule has 1 aliphatic heterocycles. The molecule has 126 valence electrons. The van der Waals surface area contributed by atoms with Gasteiger partial charge in [-0.1, -0.05) is 6.92 Å². The highest BCUT2D eigenvalue weighted by atomic mass is 16.2. The minimum absolute atomic E-state index is 0.427. The summed E-state index contributed by atoms with van der Waals surface area (Å²) in [6.45, 7) is 9.56. The Kier molecular flexibility index (Phi) is 6.02. The second kappa shape index (κ2) is 7.99. The topological polar surface area (TPSA) is 52.7 Å². The summed E-state index contributed by atoms with van der Waals surface area (Å²) in [4.78, 5) is 28.2. The number of nitrogens with zero attached hydrogens (tertiary/aromatic N) is 2. The fourth-order valence-corrected chi connectivity index (χ4v) is 3.05. The number of nitrogens with one attached hydrogen (secondary N) is 1. The number of piperidine rings is 1. The van der Waals surface area contributed by atoms with Gasteiger partial charge in [0, 0.05) is 37.6 Å². The van der Waals surface area contributed by atoms with Crippen LogP contribution in [0, 0.1) is 5.92 Å². The lowest BCUT2D eigenvalue weighted by atomic mass is 10.0. The Hall–Kier alpha value is -2.04. The Bertz CT molecular complexity index is 538. The zero-order chi connectivity index (χ0) is 16.8. The van der Waals surface area contributed by atoms with Gasteiger partial charge in [0.15, 0.2) is 0 Å². The first-order valence-electron chi connectivity index (χ1n) is 8.50. The predicted molar refractivity (Wildman–Crippen MR) is 93.6 cm³/mol. The molecule has 5 nitrogen and oxygen atoms in total. The van der Waals surface area contributed by atoms with Gasteiger partial charge in [0.2, 0.25) is 0 Å². The molecule has 0 saturated carbocycles. The summed E-state index contributed by atoms with van der Waals surface area (Å²) >= 11 is 0. The molecule has 1 N–H and O–H groups in total. The van der Waals surface area contributed by atoms with E-state index in [0.29, 0.717) is 24.7 Å². The molecule has 1 aromatic carbocycles. The number of carbonyl (C=O) groups excluding carboxylic acids is 2. The lowest BCUT2D eigenvalue weighted by Gasteiger charge is -2.30. The highest BCUT2D eigenvalue weighted by Gasteiger charge is 2.26. The van der Waals surface area contributed by atoms with Gasteiger partial charge in [-0.15, -0.1) is 0 Å². The minimum atomic E-state index is -0.547. The first-order chi connectivity index (χ1) is 11.0. The highest BCUT2D eigenvalue weighted by Crippen LogP contribution is 2.19. The average molecular weight is 317 g/mol. The van der Waals surface area contributed by atoms with Crippen molar-refractivity contribution in [2.75, 3.05) is 36.4 Å². The Labute approximate surface area is 138 Å². The Morgan fingerprint density at radius 1 is 1.22 bits per heavy atom. The fourth-order valence-electron chi connectivity index (χ4n) is 3.05. The van der Waals surface area contributed by atoms with Crippen molar-refractivity contribution in [1.29, 1.82) is 0 Å². The van der Waals surface area contributed by atoms with E-state index in [1.54, 1.807) is 4.90 Å². The molecule has 2 amide bonds. The molecular formula is C18H27N3O2. The van der Waals surface area contributed by atoms with E-state index in [2.05, 4.69) is 31.0 Å². The maximum absolute atomic E-state index is 12.2. The van der Waals surface area contributed by atoms with Crippen molar-refractivity contribution < 1.29 is 9.59 Å². The number of amides is 2. The van der Waals surface area contributed by atoms with E-state index in [-0.39, 0.29) is 0 Å².